The molecule has 56 valence electrons. The Morgan fingerprint density at radius 1 is 1.40 bits per heavy atom. The van der Waals surface area contributed by atoms with Gasteiger partial charge in [0.05, 0.1) is 0 Å². The lowest BCUT2D eigenvalue weighted by atomic mass is 10.5. The smallest absolute Gasteiger partial charge is 0.330 e. The first kappa shape index (κ1) is 8.95. The summed E-state index contributed by atoms with van der Waals surface area (Å²) in [7, 11) is 0. The van der Waals surface area contributed by atoms with Crippen molar-refractivity contribution in [2.75, 3.05) is 6.61 Å². The second-order valence-corrected chi connectivity index (χ2v) is 1.70. The SMILES string of the molecule is C/C=C/COC(=O)/C=C/C. The summed E-state index contributed by atoms with van der Waals surface area (Å²) in [6.07, 6.45) is 6.66. The molecule has 10 heavy (non-hydrogen) atoms. The summed E-state index contributed by atoms with van der Waals surface area (Å²) >= 11 is 0. The van der Waals surface area contributed by atoms with Crippen molar-refractivity contribution in [3.05, 3.63) is 24.3 Å². The van der Waals surface area contributed by atoms with Crippen molar-refractivity contribution in [1.82, 2.24) is 0 Å². The van der Waals surface area contributed by atoms with Crippen molar-refractivity contribution in [3.8, 4) is 0 Å². The van der Waals surface area contributed by atoms with E-state index >= 15 is 0 Å². The minimum atomic E-state index is -0.291. The van der Waals surface area contributed by atoms with Crippen molar-refractivity contribution in [3.63, 3.8) is 0 Å². The second-order valence-electron chi connectivity index (χ2n) is 1.70. The number of allylic oxidation sites excluding steroid dienone is 2. The van der Waals surface area contributed by atoms with Crippen LogP contribution in [0.2, 0.25) is 0 Å². The molecule has 0 aliphatic carbocycles. The van der Waals surface area contributed by atoms with E-state index in [0.29, 0.717) is 6.61 Å². The molecule has 0 heterocycles. The molecule has 0 unspecified atom stereocenters. The summed E-state index contributed by atoms with van der Waals surface area (Å²) in [6.45, 7) is 4.01. The molecule has 0 amide bonds. The first-order valence-electron chi connectivity index (χ1n) is 3.22. The Bertz CT molecular complexity index is 145. The van der Waals surface area contributed by atoms with Crippen molar-refractivity contribution >= 4 is 5.97 Å². The van der Waals surface area contributed by atoms with E-state index in [1.807, 2.05) is 13.0 Å². The number of rotatable bonds is 3. The predicted molar refractivity (Wildman–Crippen MR) is 40.6 cm³/mol. The fraction of sp³-hybridized carbons (Fsp3) is 0.375. The van der Waals surface area contributed by atoms with E-state index in [0.717, 1.165) is 0 Å². The Morgan fingerprint density at radius 2 is 2.10 bits per heavy atom. The molecule has 0 bridgehead atoms. The molecule has 0 spiro atoms. The van der Waals surface area contributed by atoms with Crippen LogP contribution in [0.4, 0.5) is 0 Å². The number of hydrogen-bond donors (Lipinski definition) is 0. The molecule has 2 heteroatoms. The van der Waals surface area contributed by atoms with Crippen molar-refractivity contribution in [2.24, 2.45) is 0 Å². The Kier molecular flexibility index (Phi) is 5.44. The summed E-state index contributed by atoms with van der Waals surface area (Å²) in [4.78, 5) is 10.6. The highest BCUT2D eigenvalue weighted by Gasteiger charge is 1.90. The Morgan fingerprint density at radius 3 is 2.60 bits per heavy atom. The highest BCUT2D eigenvalue weighted by Crippen LogP contribution is 1.81. The van der Waals surface area contributed by atoms with E-state index in [2.05, 4.69) is 0 Å². The highest BCUT2D eigenvalue weighted by molar-refractivity contribution is 5.81. The average Bonchev–Trinajstić information content (AvgIpc) is 1.89. The third-order valence-corrected chi connectivity index (χ3v) is 0.860. The van der Waals surface area contributed by atoms with E-state index in [9.17, 15) is 4.79 Å². The summed E-state index contributed by atoms with van der Waals surface area (Å²) < 4.78 is 4.71. The maximum absolute atomic E-state index is 10.6. The van der Waals surface area contributed by atoms with Crippen LogP contribution in [0.5, 0.6) is 0 Å². The minimum absolute atomic E-state index is 0.291. The van der Waals surface area contributed by atoms with Gasteiger partial charge in [0.25, 0.3) is 0 Å². The van der Waals surface area contributed by atoms with E-state index < -0.39 is 0 Å². The minimum Gasteiger partial charge on any atom is -0.458 e. The van der Waals surface area contributed by atoms with Crippen LogP contribution < -0.4 is 0 Å². The molecule has 0 aromatic carbocycles. The molecule has 0 N–H and O–H groups in total. The van der Waals surface area contributed by atoms with Crippen LogP contribution in [0, 0.1) is 0 Å². The molecular formula is C8H12O2. The van der Waals surface area contributed by atoms with Gasteiger partial charge in [0.1, 0.15) is 6.61 Å². The fourth-order valence-electron chi connectivity index (χ4n) is 0.411. The van der Waals surface area contributed by atoms with Gasteiger partial charge in [-0.3, -0.25) is 0 Å². The molecule has 0 aromatic rings. The molecule has 0 atom stereocenters. The summed E-state index contributed by atoms with van der Waals surface area (Å²) in [5.74, 6) is -0.291. The van der Waals surface area contributed by atoms with E-state index in [-0.39, 0.29) is 5.97 Å². The first-order chi connectivity index (χ1) is 4.81. The fourth-order valence-corrected chi connectivity index (χ4v) is 0.411. The van der Waals surface area contributed by atoms with Crippen LogP contribution in [0.3, 0.4) is 0 Å². The molecule has 0 fully saturated rings. The van der Waals surface area contributed by atoms with Gasteiger partial charge in [0.2, 0.25) is 0 Å². The van der Waals surface area contributed by atoms with E-state index in [1.54, 1.807) is 19.1 Å². The number of ether oxygens (including phenoxy) is 1. The zero-order valence-corrected chi connectivity index (χ0v) is 6.33. The number of carbonyl (C=O) groups is 1. The molecule has 2 nitrogen and oxygen atoms in total. The van der Waals surface area contributed by atoms with Crippen LogP contribution in [-0.2, 0) is 9.53 Å². The zero-order valence-electron chi connectivity index (χ0n) is 6.33. The summed E-state index contributed by atoms with van der Waals surface area (Å²) in [5.41, 5.74) is 0. The number of hydrogen-bond acceptors (Lipinski definition) is 2. The summed E-state index contributed by atoms with van der Waals surface area (Å²) in [5, 5.41) is 0. The topological polar surface area (TPSA) is 26.3 Å². The largest absolute Gasteiger partial charge is 0.458 e. The molecular weight excluding hydrogens is 128 g/mol. The maximum Gasteiger partial charge on any atom is 0.330 e. The predicted octanol–water partition coefficient (Wildman–Crippen LogP) is 1.68. The molecule has 0 rings (SSSR count). The van der Waals surface area contributed by atoms with Gasteiger partial charge in [-0.2, -0.15) is 0 Å². The lowest BCUT2D eigenvalue weighted by molar-refractivity contribution is -0.136. The average molecular weight is 140 g/mol. The van der Waals surface area contributed by atoms with Gasteiger partial charge < -0.3 is 4.74 Å². The van der Waals surface area contributed by atoms with Crippen LogP contribution in [0.15, 0.2) is 24.3 Å². The molecule has 0 saturated carbocycles. The van der Waals surface area contributed by atoms with Crippen LogP contribution in [0.1, 0.15) is 13.8 Å². The van der Waals surface area contributed by atoms with Crippen molar-refractivity contribution in [1.29, 1.82) is 0 Å². The van der Waals surface area contributed by atoms with Gasteiger partial charge in [-0.05, 0) is 13.8 Å². The lowest BCUT2D eigenvalue weighted by Crippen LogP contribution is -1.99. The normalized spacial score (nSPS) is 11.0. The van der Waals surface area contributed by atoms with Crippen LogP contribution in [-0.4, -0.2) is 12.6 Å². The first-order valence-corrected chi connectivity index (χ1v) is 3.22. The Labute approximate surface area is 61.2 Å². The maximum atomic E-state index is 10.6. The van der Waals surface area contributed by atoms with E-state index in [1.165, 1.54) is 6.08 Å². The zero-order chi connectivity index (χ0) is 7.82. The van der Waals surface area contributed by atoms with Gasteiger partial charge >= 0.3 is 5.97 Å². The van der Waals surface area contributed by atoms with Crippen LogP contribution >= 0.6 is 0 Å². The monoisotopic (exact) mass is 140 g/mol. The standard InChI is InChI=1S/C8H12O2/c1-3-5-7-10-8(9)6-4-2/h3-6H,7H2,1-2H3/b5-3+,6-4+. The molecule has 0 radical (unpaired) electrons. The number of esters is 1. The quantitative estimate of drug-likeness (QED) is 0.338. The van der Waals surface area contributed by atoms with Gasteiger partial charge in [0, 0.05) is 6.08 Å². The third-order valence-electron chi connectivity index (χ3n) is 0.860. The van der Waals surface area contributed by atoms with E-state index in [4.69, 9.17) is 4.74 Å². The highest BCUT2D eigenvalue weighted by atomic mass is 16.5. The molecule has 0 aliphatic heterocycles. The molecule has 0 aromatic heterocycles. The Balaban J connectivity index is 3.40. The summed E-state index contributed by atoms with van der Waals surface area (Å²) in [6, 6.07) is 0. The van der Waals surface area contributed by atoms with Gasteiger partial charge in [-0.1, -0.05) is 18.2 Å². The van der Waals surface area contributed by atoms with Gasteiger partial charge in [-0.15, -0.1) is 0 Å². The van der Waals surface area contributed by atoms with Crippen molar-refractivity contribution in [2.45, 2.75) is 13.8 Å². The van der Waals surface area contributed by atoms with Crippen molar-refractivity contribution < 1.29 is 9.53 Å². The Hall–Kier alpha value is -1.05. The lowest BCUT2D eigenvalue weighted by Gasteiger charge is -1.93. The van der Waals surface area contributed by atoms with Gasteiger partial charge in [-0.25, -0.2) is 4.79 Å². The second kappa shape index (κ2) is 6.08. The molecule has 0 aliphatic rings. The third kappa shape index (κ3) is 5.09. The number of carbonyl (C=O) groups excluding carboxylic acids is 1. The van der Waals surface area contributed by atoms with Crippen LogP contribution in [0.25, 0.3) is 0 Å². The molecule has 0 saturated heterocycles. The van der Waals surface area contributed by atoms with Gasteiger partial charge in [0.15, 0.2) is 0 Å².